The lowest BCUT2D eigenvalue weighted by Crippen LogP contribution is -2.18. The molecule has 3 aromatic carbocycles. The minimum atomic E-state index is -0.291. The van der Waals surface area contributed by atoms with Gasteiger partial charge in [-0.15, -0.1) is 0 Å². The lowest BCUT2D eigenvalue weighted by atomic mass is 10.1. The maximum Gasteiger partial charge on any atom is 0.141 e. The highest BCUT2D eigenvalue weighted by atomic mass is 35.5. The summed E-state index contributed by atoms with van der Waals surface area (Å²) < 4.78 is 19.1. The summed E-state index contributed by atoms with van der Waals surface area (Å²) in [4.78, 5) is 11.3. The summed E-state index contributed by atoms with van der Waals surface area (Å²) in [6, 6.07) is 18.1. The van der Waals surface area contributed by atoms with Crippen LogP contribution >= 0.6 is 11.6 Å². The highest BCUT2D eigenvalue weighted by Gasteiger charge is 2.19. The van der Waals surface area contributed by atoms with Gasteiger partial charge in [0.15, 0.2) is 0 Å². The lowest BCUT2D eigenvalue weighted by molar-refractivity contribution is 0.306. The molecular formula is C26H24ClFN4O. The van der Waals surface area contributed by atoms with Crippen LogP contribution < -0.4 is 15.0 Å². The molecule has 2 heterocycles. The maximum atomic E-state index is 13.4. The van der Waals surface area contributed by atoms with E-state index in [0.717, 1.165) is 41.1 Å². The molecular weight excluding hydrogens is 439 g/mol. The van der Waals surface area contributed by atoms with Gasteiger partial charge < -0.3 is 15.0 Å². The molecule has 5 nitrogen and oxygen atoms in total. The number of rotatable bonds is 6. The lowest BCUT2D eigenvalue weighted by Gasteiger charge is -2.19. The zero-order chi connectivity index (χ0) is 22.8. The van der Waals surface area contributed by atoms with Crippen LogP contribution in [0.15, 0.2) is 67.0 Å². The number of nitrogens with one attached hydrogen (secondary N) is 1. The third kappa shape index (κ3) is 4.86. The number of halogens is 2. The number of fused-ring (bicyclic) bond motifs is 1. The summed E-state index contributed by atoms with van der Waals surface area (Å²) in [5.74, 6) is 1.67. The van der Waals surface area contributed by atoms with Crippen molar-refractivity contribution in [3.8, 4) is 5.75 Å². The molecule has 4 aromatic rings. The van der Waals surface area contributed by atoms with E-state index in [-0.39, 0.29) is 12.4 Å². The first-order chi connectivity index (χ1) is 16.0. The summed E-state index contributed by atoms with van der Waals surface area (Å²) in [6.07, 6.45) is 2.76. The molecule has 1 saturated heterocycles. The van der Waals surface area contributed by atoms with Crippen LogP contribution in [-0.2, 0) is 6.61 Å². The normalized spacial score (nSPS) is 15.7. The maximum absolute atomic E-state index is 13.4. The molecule has 0 radical (unpaired) electrons. The highest BCUT2D eigenvalue weighted by Crippen LogP contribution is 2.33. The van der Waals surface area contributed by atoms with E-state index < -0.39 is 0 Å². The average molecular weight is 463 g/mol. The standard InChI is InChI=1S/C26H24ClFN4O/c1-17-9-10-32(14-17)21-6-7-24-22(13-21)26(30-16-29-24)31-20-5-8-25(23(27)12-20)33-15-18-3-2-4-19(28)11-18/h2-8,11-13,16-17H,9-10,14-15H2,1H3,(H,29,30,31)/t17-/m0/s1. The predicted octanol–water partition coefficient (Wildman–Crippen LogP) is 6.59. The molecule has 1 aromatic heterocycles. The van der Waals surface area contributed by atoms with E-state index in [1.54, 1.807) is 24.5 Å². The molecule has 168 valence electrons. The van der Waals surface area contributed by atoms with Crippen LogP contribution in [0.4, 0.5) is 21.6 Å². The molecule has 5 rings (SSSR count). The molecule has 33 heavy (non-hydrogen) atoms. The largest absolute Gasteiger partial charge is 0.487 e. The topological polar surface area (TPSA) is 50.3 Å². The smallest absolute Gasteiger partial charge is 0.141 e. The van der Waals surface area contributed by atoms with Gasteiger partial charge in [-0.2, -0.15) is 0 Å². The molecule has 0 bridgehead atoms. The van der Waals surface area contributed by atoms with Crippen LogP contribution in [0.2, 0.25) is 5.02 Å². The second kappa shape index (κ2) is 9.24. The summed E-state index contributed by atoms with van der Waals surface area (Å²) in [5.41, 5.74) is 3.59. The number of nitrogens with zero attached hydrogens (tertiary/aromatic N) is 3. The first-order valence-corrected chi connectivity index (χ1v) is 11.4. The molecule has 0 spiro atoms. The number of aromatic nitrogens is 2. The van der Waals surface area contributed by atoms with Gasteiger partial charge in [-0.1, -0.05) is 30.7 Å². The van der Waals surface area contributed by atoms with Gasteiger partial charge in [0, 0.05) is 29.9 Å². The summed E-state index contributed by atoms with van der Waals surface area (Å²) in [7, 11) is 0. The minimum absolute atomic E-state index is 0.235. The van der Waals surface area contributed by atoms with E-state index in [9.17, 15) is 4.39 Å². The SMILES string of the molecule is C[C@H]1CCN(c2ccc3ncnc(Nc4ccc(OCc5cccc(F)c5)c(Cl)c4)c3c2)C1. The van der Waals surface area contributed by atoms with Gasteiger partial charge in [-0.25, -0.2) is 14.4 Å². The Balaban J connectivity index is 1.35. The molecule has 0 amide bonds. The van der Waals surface area contributed by atoms with Gasteiger partial charge in [0.2, 0.25) is 0 Å². The zero-order valence-electron chi connectivity index (χ0n) is 18.3. The number of hydrogen-bond acceptors (Lipinski definition) is 5. The Kier molecular flexibility index (Phi) is 6.01. The molecule has 1 aliphatic rings. The Labute approximate surface area is 197 Å². The van der Waals surface area contributed by atoms with Crippen molar-refractivity contribution in [3.05, 3.63) is 83.4 Å². The quantitative estimate of drug-likeness (QED) is 0.350. The van der Waals surface area contributed by atoms with Gasteiger partial charge in [0.05, 0.1) is 10.5 Å². The molecule has 1 aliphatic heterocycles. The third-order valence-corrected chi connectivity index (χ3v) is 6.18. The van der Waals surface area contributed by atoms with Crippen molar-refractivity contribution in [1.29, 1.82) is 0 Å². The van der Waals surface area contributed by atoms with Crippen molar-refractivity contribution in [1.82, 2.24) is 9.97 Å². The van der Waals surface area contributed by atoms with Gasteiger partial charge in [0.1, 0.15) is 30.3 Å². The van der Waals surface area contributed by atoms with Crippen LogP contribution in [0.1, 0.15) is 18.9 Å². The first kappa shape index (κ1) is 21.5. The molecule has 0 aliphatic carbocycles. The fourth-order valence-corrected chi connectivity index (χ4v) is 4.37. The second-order valence-electron chi connectivity index (χ2n) is 8.45. The highest BCUT2D eigenvalue weighted by molar-refractivity contribution is 6.32. The zero-order valence-corrected chi connectivity index (χ0v) is 19.0. The fourth-order valence-electron chi connectivity index (χ4n) is 4.13. The minimum Gasteiger partial charge on any atom is -0.487 e. The third-order valence-electron chi connectivity index (χ3n) is 5.89. The van der Waals surface area contributed by atoms with Crippen LogP contribution in [0, 0.1) is 11.7 Å². The Hall–Kier alpha value is -3.38. The van der Waals surface area contributed by atoms with Crippen LogP contribution in [0.25, 0.3) is 10.9 Å². The molecule has 7 heteroatoms. The van der Waals surface area contributed by atoms with Crippen molar-refractivity contribution in [2.45, 2.75) is 20.0 Å². The van der Waals surface area contributed by atoms with E-state index in [4.69, 9.17) is 16.3 Å². The Morgan fingerprint density at radius 3 is 2.82 bits per heavy atom. The van der Waals surface area contributed by atoms with Crippen LogP contribution in [-0.4, -0.2) is 23.1 Å². The van der Waals surface area contributed by atoms with Gasteiger partial charge in [0.25, 0.3) is 0 Å². The van der Waals surface area contributed by atoms with Crippen molar-refractivity contribution < 1.29 is 9.13 Å². The van der Waals surface area contributed by atoms with E-state index in [1.807, 2.05) is 18.2 Å². The Morgan fingerprint density at radius 2 is 2.03 bits per heavy atom. The number of ether oxygens (including phenoxy) is 1. The van der Waals surface area contributed by atoms with Gasteiger partial charge in [-0.05, 0) is 66.4 Å². The number of hydrogen-bond donors (Lipinski definition) is 1. The Bertz CT molecular complexity index is 1300. The van der Waals surface area contributed by atoms with E-state index >= 15 is 0 Å². The van der Waals surface area contributed by atoms with Gasteiger partial charge >= 0.3 is 0 Å². The monoisotopic (exact) mass is 462 g/mol. The number of anilines is 3. The molecule has 0 unspecified atom stereocenters. The van der Waals surface area contributed by atoms with Crippen molar-refractivity contribution >= 4 is 39.7 Å². The Morgan fingerprint density at radius 1 is 1.12 bits per heavy atom. The molecule has 1 atom stereocenters. The predicted molar refractivity (Wildman–Crippen MR) is 131 cm³/mol. The first-order valence-electron chi connectivity index (χ1n) is 11.0. The number of benzene rings is 3. The summed E-state index contributed by atoms with van der Waals surface area (Å²) in [5, 5.41) is 4.78. The van der Waals surface area contributed by atoms with E-state index in [2.05, 4.69) is 39.2 Å². The molecule has 0 saturated carbocycles. The van der Waals surface area contributed by atoms with Gasteiger partial charge in [-0.3, -0.25) is 0 Å². The van der Waals surface area contributed by atoms with Crippen molar-refractivity contribution in [2.75, 3.05) is 23.3 Å². The van der Waals surface area contributed by atoms with E-state index in [1.165, 1.54) is 24.2 Å². The van der Waals surface area contributed by atoms with Crippen molar-refractivity contribution in [2.24, 2.45) is 5.92 Å². The second-order valence-corrected chi connectivity index (χ2v) is 8.86. The summed E-state index contributed by atoms with van der Waals surface area (Å²) >= 11 is 6.46. The van der Waals surface area contributed by atoms with Crippen LogP contribution in [0.5, 0.6) is 5.75 Å². The average Bonchev–Trinajstić information content (AvgIpc) is 3.25. The molecule has 1 fully saturated rings. The fraction of sp³-hybridized carbons (Fsp3) is 0.231. The van der Waals surface area contributed by atoms with Crippen molar-refractivity contribution in [3.63, 3.8) is 0 Å². The summed E-state index contributed by atoms with van der Waals surface area (Å²) in [6.45, 7) is 4.65. The van der Waals surface area contributed by atoms with E-state index in [0.29, 0.717) is 16.7 Å². The molecule has 1 N–H and O–H groups in total. The van der Waals surface area contributed by atoms with Crippen LogP contribution in [0.3, 0.4) is 0 Å².